The predicted octanol–water partition coefficient (Wildman–Crippen LogP) is 5.68. The first-order valence-electron chi connectivity index (χ1n) is 8.39. The molecule has 25 heavy (non-hydrogen) atoms. The Morgan fingerprint density at radius 1 is 1.12 bits per heavy atom. The van der Waals surface area contributed by atoms with Crippen LogP contribution >= 0.6 is 11.6 Å². The summed E-state index contributed by atoms with van der Waals surface area (Å²) in [6.07, 6.45) is 1.78. The summed E-state index contributed by atoms with van der Waals surface area (Å²) in [6.45, 7) is 6.01. The summed E-state index contributed by atoms with van der Waals surface area (Å²) in [5.41, 5.74) is 5.28. The number of rotatable bonds is 1. The second kappa shape index (κ2) is 5.92. The van der Waals surface area contributed by atoms with Crippen molar-refractivity contribution in [1.82, 2.24) is 4.98 Å². The number of benzene rings is 2. The third-order valence-electron chi connectivity index (χ3n) is 5.13. The molecule has 3 aromatic rings. The van der Waals surface area contributed by atoms with Crippen LogP contribution in [0.1, 0.15) is 42.0 Å². The van der Waals surface area contributed by atoms with Crippen LogP contribution in [0, 0.1) is 12.7 Å². The van der Waals surface area contributed by atoms with Gasteiger partial charge in [0.2, 0.25) is 0 Å². The number of aromatic nitrogens is 1. The van der Waals surface area contributed by atoms with Crippen molar-refractivity contribution >= 4 is 28.2 Å². The van der Waals surface area contributed by atoms with E-state index in [1.165, 1.54) is 6.07 Å². The average molecular weight is 353 g/mol. The van der Waals surface area contributed by atoms with Crippen molar-refractivity contribution in [3.05, 3.63) is 75.7 Å². The van der Waals surface area contributed by atoms with Gasteiger partial charge in [-0.1, -0.05) is 30.7 Å². The predicted molar refractivity (Wildman–Crippen MR) is 101 cm³/mol. The fourth-order valence-electron chi connectivity index (χ4n) is 3.52. The molecule has 0 saturated heterocycles. The van der Waals surface area contributed by atoms with E-state index in [9.17, 15) is 4.39 Å². The molecule has 126 valence electrons. The molecule has 2 nitrogen and oxygen atoms in total. The second-order valence-electron chi connectivity index (χ2n) is 6.68. The second-order valence-corrected chi connectivity index (χ2v) is 7.08. The van der Waals surface area contributed by atoms with Gasteiger partial charge in [0.15, 0.2) is 0 Å². The van der Waals surface area contributed by atoms with Crippen molar-refractivity contribution in [2.45, 2.75) is 32.7 Å². The highest BCUT2D eigenvalue weighted by atomic mass is 35.5. The molecule has 0 saturated carbocycles. The first-order chi connectivity index (χ1) is 12.0. The Kier molecular flexibility index (Phi) is 3.84. The highest BCUT2D eigenvalue weighted by Gasteiger charge is 2.28. The monoisotopic (exact) mass is 352 g/mol. The van der Waals surface area contributed by atoms with E-state index in [1.807, 2.05) is 18.2 Å². The fourth-order valence-corrected chi connectivity index (χ4v) is 3.86. The lowest BCUT2D eigenvalue weighted by molar-refractivity contribution is 0.606. The highest BCUT2D eigenvalue weighted by Crippen LogP contribution is 2.37. The Labute approximate surface area is 151 Å². The molecule has 1 aliphatic heterocycles. The van der Waals surface area contributed by atoms with E-state index in [0.717, 1.165) is 32.8 Å². The van der Waals surface area contributed by atoms with E-state index in [-0.39, 0.29) is 17.8 Å². The Bertz CT molecular complexity index is 1030. The van der Waals surface area contributed by atoms with Crippen LogP contribution in [-0.2, 0) is 0 Å². The van der Waals surface area contributed by atoms with Crippen molar-refractivity contribution in [3.8, 4) is 0 Å². The summed E-state index contributed by atoms with van der Waals surface area (Å²) in [5, 5.41) is 1.69. The van der Waals surface area contributed by atoms with E-state index in [1.54, 1.807) is 19.2 Å². The lowest BCUT2D eigenvalue weighted by Gasteiger charge is -2.28. The van der Waals surface area contributed by atoms with Gasteiger partial charge in [-0.2, -0.15) is 0 Å². The lowest BCUT2D eigenvalue weighted by Crippen LogP contribution is -2.23. The number of pyridine rings is 1. The molecule has 2 aromatic carbocycles. The van der Waals surface area contributed by atoms with Crippen molar-refractivity contribution < 1.29 is 4.39 Å². The molecule has 2 unspecified atom stereocenters. The van der Waals surface area contributed by atoms with Gasteiger partial charge < -0.3 is 0 Å². The maximum absolute atomic E-state index is 13.8. The Hall–Kier alpha value is -2.26. The van der Waals surface area contributed by atoms with E-state index < -0.39 is 0 Å². The number of hydrogen-bond acceptors (Lipinski definition) is 2. The van der Waals surface area contributed by atoms with E-state index in [0.29, 0.717) is 11.1 Å². The molecule has 1 aliphatic rings. The van der Waals surface area contributed by atoms with Gasteiger partial charge in [-0.05, 0) is 43.7 Å². The number of halogens is 2. The third kappa shape index (κ3) is 2.54. The summed E-state index contributed by atoms with van der Waals surface area (Å²) in [6, 6.07) is 11.4. The summed E-state index contributed by atoms with van der Waals surface area (Å²) in [5.74, 6) is 0.0273. The maximum atomic E-state index is 13.8. The zero-order chi connectivity index (χ0) is 17.7. The minimum absolute atomic E-state index is 0.132. The molecule has 2 atom stereocenters. The summed E-state index contributed by atoms with van der Waals surface area (Å²) in [4.78, 5) is 9.41. The first kappa shape index (κ1) is 16.2. The molecule has 4 heteroatoms. The van der Waals surface area contributed by atoms with Crippen LogP contribution in [0.15, 0.2) is 47.6 Å². The van der Waals surface area contributed by atoms with E-state index >= 15 is 0 Å². The Balaban J connectivity index is 1.93. The minimum atomic E-state index is -0.234. The van der Waals surface area contributed by atoms with Crippen LogP contribution in [0.2, 0.25) is 5.02 Å². The number of aryl methyl sites for hydroxylation is 1. The SMILES string of the molecule is Cc1c(F)ccc2cc(C3=NC(C)C(C)c4c(Cl)cccc43)cnc12. The van der Waals surface area contributed by atoms with Crippen LogP contribution in [0.4, 0.5) is 4.39 Å². The summed E-state index contributed by atoms with van der Waals surface area (Å²) >= 11 is 6.48. The van der Waals surface area contributed by atoms with Gasteiger partial charge in [0, 0.05) is 39.2 Å². The van der Waals surface area contributed by atoms with Gasteiger partial charge in [0.1, 0.15) is 5.82 Å². The minimum Gasteiger partial charge on any atom is -0.280 e. The molecular formula is C21H18ClFN2. The summed E-state index contributed by atoms with van der Waals surface area (Å²) in [7, 11) is 0. The number of nitrogens with zero attached hydrogens (tertiary/aromatic N) is 2. The smallest absolute Gasteiger partial charge is 0.128 e. The summed E-state index contributed by atoms with van der Waals surface area (Å²) < 4.78 is 13.8. The molecule has 2 heterocycles. The third-order valence-corrected chi connectivity index (χ3v) is 5.46. The van der Waals surface area contributed by atoms with Crippen molar-refractivity contribution in [1.29, 1.82) is 0 Å². The molecule has 4 rings (SSSR count). The zero-order valence-corrected chi connectivity index (χ0v) is 15.1. The zero-order valence-electron chi connectivity index (χ0n) is 14.3. The molecule has 0 aliphatic carbocycles. The molecule has 0 N–H and O–H groups in total. The molecule has 0 fully saturated rings. The standard InChI is InChI=1S/C21H18ClFN2/c1-11-13(3)25-21(16-5-4-6-17(22)19(11)16)15-9-14-7-8-18(23)12(2)20(14)24-10-15/h4-11,13H,1-3H3. The largest absolute Gasteiger partial charge is 0.280 e. The maximum Gasteiger partial charge on any atom is 0.128 e. The van der Waals surface area contributed by atoms with Gasteiger partial charge in [0.25, 0.3) is 0 Å². The van der Waals surface area contributed by atoms with Crippen LogP contribution in [0.3, 0.4) is 0 Å². The van der Waals surface area contributed by atoms with Gasteiger partial charge in [-0.25, -0.2) is 4.39 Å². The van der Waals surface area contributed by atoms with Gasteiger partial charge in [-0.15, -0.1) is 0 Å². The average Bonchev–Trinajstić information content (AvgIpc) is 2.61. The van der Waals surface area contributed by atoms with E-state index in [4.69, 9.17) is 16.6 Å². The quantitative estimate of drug-likeness (QED) is 0.553. The number of hydrogen-bond donors (Lipinski definition) is 0. The molecule has 0 spiro atoms. The van der Waals surface area contributed by atoms with Gasteiger partial charge in [0.05, 0.1) is 17.3 Å². The molecule has 1 aromatic heterocycles. The normalized spacial score (nSPS) is 19.6. The van der Waals surface area contributed by atoms with Crippen LogP contribution in [0.5, 0.6) is 0 Å². The Morgan fingerprint density at radius 2 is 1.92 bits per heavy atom. The van der Waals surface area contributed by atoms with E-state index in [2.05, 4.69) is 24.9 Å². The van der Waals surface area contributed by atoms with Crippen LogP contribution < -0.4 is 0 Å². The first-order valence-corrected chi connectivity index (χ1v) is 8.77. The van der Waals surface area contributed by atoms with Crippen molar-refractivity contribution in [3.63, 3.8) is 0 Å². The molecule has 0 bridgehead atoms. The molecule has 0 amide bonds. The van der Waals surface area contributed by atoms with Crippen molar-refractivity contribution in [2.75, 3.05) is 0 Å². The fraction of sp³-hybridized carbons (Fsp3) is 0.238. The topological polar surface area (TPSA) is 25.2 Å². The lowest BCUT2D eigenvalue weighted by atomic mass is 9.84. The van der Waals surface area contributed by atoms with Crippen molar-refractivity contribution in [2.24, 2.45) is 4.99 Å². The van der Waals surface area contributed by atoms with Crippen LogP contribution in [0.25, 0.3) is 10.9 Å². The molecule has 0 radical (unpaired) electrons. The van der Waals surface area contributed by atoms with Gasteiger partial charge in [-0.3, -0.25) is 9.98 Å². The number of fused-ring (bicyclic) bond motifs is 2. The molecular weight excluding hydrogens is 335 g/mol. The van der Waals surface area contributed by atoms with Gasteiger partial charge >= 0.3 is 0 Å². The highest BCUT2D eigenvalue weighted by molar-refractivity contribution is 6.32. The Morgan fingerprint density at radius 3 is 2.72 bits per heavy atom. The van der Waals surface area contributed by atoms with Crippen LogP contribution in [-0.4, -0.2) is 16.7 Å². The number of aliphatic imine (C=N–C) groups is 1.